The number of nitrogen functional groups attached to an aromatic ring is 1. The number of hydrogen-bond donors (Lipinski definition) is 2. The first-order valence-corrected chi connectivity index (χ1v) is 6.19. The molecule has 1 rings (SSSR count). The summed E-state index contributed by atoms with van der Waals surface area (Å²) in [5.74, 6) is 1.24. The van der Waals surface area contributed by atoms with Crippen LogP contribution in [0.3, 0.4) is 0 Å². The number of aromatic nitrogens is 2. The molecular formula is C12H19F3N4. The van der Waals surface area contributed by atoms with Gasteiger partial charge in [-0.25, -0.2) is 9.97 Å². The van der Waals surface area contributed by atoms with Crippen LogP contribution in [0.2, 0.25) is 0 Å². The second-order valence-corrected chi connectivity index (χ2v) is 4.61. The average Bonchev–Trinajstić information content (AvgIpc) is 2.23. The van der Waals surface area contributed by atoms with Gasteiger partial charge in [-0.3, -0.25) is 0 Å². The number of nitrogens with one attached hydrogen (secondary N) is 1. The van der Waals surface area contributed by atoms with Crippen LogP contribution >= 0.6 is 0 Å². The van der Waals surface area contributed by atoms with Crippen LogP contribution < -0.4 is 11.1 Å². The van der Waals surface area contributed by atoms with Gasteiger partial charge in [0.15, 0.2) is 0 Å². The summed E-state index contributed by atoms with van der Waals surface area (Å²) in [6.45, 7) is 5.12. The van der Waals surface area contributed by atoms with Gasteiger partial charge in [-0.2, -0.15) is 13.2 Å². The van der Waals surface area contributed by atoms with Crippen molar-refractivity contribution in [2.75, 3.05) is 11.1 Å². The number of nitrogens with two attached hydrogens (primary N) is 1. The number of rotatable bonds is 5. The third-order valence-corrected chi connectivity index (χ3v) is 2.62. The van der Waals surface area contributed by atoms with E-state index in [0.29, 0.717) is 29.4 Å². The number of anilines is 2. The van der Waals surface area contributed by atoms with Crippen LogP contribution in [0.5, 0.6) is 0 Å². The highest BCUT2D eigenvalue weighted by Gasteiger charge is 2.30. The van der Waals surface area contributed by atoms with Crippen molar-refractivity contribution in [1.29, 1.82) is 0 Å². The van der Waals surface area contributed by atoms with Crippen molar-refractivity contribution >= 4 is 11.6 Å². The van der Waals surface area contributed by atoms with Crippen LogP contribution in [-0.2, 0) is 6.42 Å². The fraction of sp³-hybridized carbons (Fsp3) is 0.667. The van der Waals surface area contributed by atoms with Crippen molar-refractivity contribution in [3.05, 3.63) is 11.4 Å². The van der Waals surface area contributed by atoms with E-state index in [9.17, 15) is 13.2 Å². The van der Waals surface area contributed by atoms with E-state index in [1.165, 1.54) is 6.92 Å². The Labute approximate surface area is 110 Å². The molecule has 0 bridgehead atoms. The predicted octanol–water partition coefficient (Wildman–Crippen LogP) is 3.07. The first-order valence-electron chi connectivity index (χ1n) is 6.19. The molecule has 7 heteroatoms. The Bertz CT molecular complexity index is 432. The van der Waals surface area contributed by atoms with E-state index in [1.807, 2.05) is 6.92 Å². The zero-order valence-corrected chi connectivity index (χ0v) is 11.3. The number of alkyl halides is 3. The summed E-state index contributed by atoms with van der Waals surface area (Å²) in [7, 11) is 0. The minimum absolute atomic E-state index is 0.306. The van der Waals surface area contributed by atoms with E-state index in [4.69, 9.17) is 5.73 Å². The van der Waals surface area contributed by atoms with E-state index < -0.39 is 18.6 Å². The second kappa shape index (κ2) is 6.08. The average molecular weight is 276 g/mol. The van der Waals surface area contributed by atoms with E-state index in [1.54, 1.807) is 6.92 Å². The molecule has 1 aromatic rings. The third-order valence-electron chi connectivity index (χ3n) is 2.62. The van der Waals surface area contributed by atoms with E-state index in [2.05, 4.69) is 15.3 Å². The molecule has 0 aliphatic heterocycles. The van der Waals surface area contributed by atoms with Crippen LogP contribution in [0.1, 0.15) is 38.1 Å². The van der Waals surface area contributed by atoms with Crippen LogP contribution in [0.15, 0.2) is 0 Å². The highest BCUT2D eigenvalue weighted by molar-refractivity contribution is 5.55. The Morgan fingerprint density at radius 2 is 1.95 bits per heavy atom. The summed E-state index contributed by atoms with van der Waals surface area (Å²) in [5, 5.41) is 2.76. The molecule has 0 amide bonds. The molecule has 0 saturated carbocycles. The topological polar surface area (TPSA) is 63.8 Å². The molecule has 1 aromatic heterocycles. The lowest BCUT2D eigenvalue weighted by Crippen LogP contribution is -2.25. The quantitative estimate of drug-likeness (QED) is 0.867. The molecule has 108 valence electrons. The maximum Gasteiger partial charge on any atom is 0.391 e. The zero-order valence-electron chi connectivity index (χ0n) is 11.3. The second-order valence-electron chi connectivity index (χ2n) is 4.61. The maximum absolute atomic E-state index is 12.3. The number of halogens is 3. The van der Waals surface area contributed by atoms with Crippen molar-refractivity contribution in [3.63, 3.8) is 0 Å². The summed E-state index contributed by atoms with van der Waals surface area (Å²) < 4.78 is 36.9. The Morgan fingerprint density at radius 1 is 1.32 bits per heavy atom. The Kier molecular flexibility index (Phi) is 4.97. The monoisotopic (exact) mass is 276 g/mol. The molecule has 3 N–H and O–H groups in total. The lowest BCUT2D eigenvalue weighted by atomic mass is 10.2. The molecule has 0 spiro atoms. The summed E-state index contributed by atoms with van der Waals surface area (Å²) in [6.07, 6.45) is -3.63. The predicted molar refractivity (Wildman–Crippen MR) is 68.9 cm³/mol. The molecule has 1 atom stereocenters. The number of hydrogen-bond acceptors (Lipinski definition) is 4. The van der Waals surface area contributed by atoms with Gasteiger partial charge in [0.25, 0.3) is 0 Å². The molecule has 1 heterocycles. The molecule has 0 saturated heterocycles. The SMILES string of the molecule is CCCc1nc(N)c(C)c(NC(C)CC(F)(F)F)n1. The van der Waals surface area contributed by atoms with Crippen LogP contribution in [0, 0.1) is 6.92 Å². The first-order chi connectivity index (χ1) is 8.73. The molecular weight excluding hydrogens is 257 g/mol. The number of nitrogens with zero attached hydrogens (tertiary/aromatic N) is 2. The fourth-order valence-electron chi connectivity index (χ4n) is 1.69. The molecule has 0 radical (unpaired) electrons. The molecule has 19 heavy (non-hydrogen) atoms. The Hall–Kier alpha value is -1.53. The smallest absolute Gasteiger partial charge is 0.383 e. The molecule has 4 nitrogen and oxygen atoms in total. The van der Waals surface area contributed by atoms with Crippen LogP contribution in [0.25, 0.3) is 0 Å². The zero-order chi connectivity index (χ0) is 14.6. The summed E-state index contributed by atoms with van der Waals surface area (Å²) >= 11 is 0. The number of aryl methyl sites for hydroxylation is 1. The van der Waals surface area contributed by atoms with E-state index in [0.717, 1.165) is 6.42 Å². The summed E-state index contributed by atoms with van der Waals surface area (Å²) in [5.41, 5.74) is 6.32. The minimum Gasteiger partial charge on any atom is -0.383 e. The van der Waals surface area contributed by atoms with Crippen molar-refractivity contribution in [2.24, 2.45) is 0 Å². The van der Waals surface area contributed by atoms with Gasteiger partial charge >= 0.3 is 6.18 Å². The Morgan fingerprint density at radius 3 is 2.47 bits per heavy atom. The van der Waals surface area contributed by atoms with Crippen molar-refractivity contribution in [2.45, 2.75) is 52.3 Å². The standard InChI is InChI=1S/C12H19F3N4/c1-4-5-9-18-10(16)8(3)11(19-9)17-7(2)6-12(13,14)15/h7H,4-6H2,1-3H3,(H3,16,17,18,19). The lowest BCUT2D eigenvalue weighted by molar-refractivity contribution is -0.136. The molecule has 0 aromatic carbocycles. The van der Waals surface area contributed by atoms with Gasteiger partial charge in [-0.15, -0.1) is 0 Å². The first kappa shape index (κ1) is 15.5. The highest BCUT2D eigenvalue weighted by Crippen LogP contribution is 2.25. The van der Waals surface area contributed by atoms with Gasteiger partial charge in [0.2, 0.25) is 0 Å². The molecule has 0 aliphatic rings. The van der Waals surface area contributed by atoms with Gasteiger partial charge < -0.3 is 11.1 Å². The van der Waals surface area contributed by atoms with E-state index >= 15 is 0 Å². The molecule has 0 aliphatic carbocycles. The van der Waals surface area contributed by atoms with E-state index in [-0.39, 0.29) is 0 Å². The normalized spacial score (nSPS) is 13.4. The lowest BCUT2D eigenvalue weighted by Gasteiger charge is -2.18. The maximum atomic E-state index is 12.3. The minimum atomic E-state index is -4.20. The summed E-state index contributed by atoms with van der Waals surface area (Å²) in [6, 6.07) is -0.762. The third kappa shape index (κ3) is 4.92. The molecule has 0 fully saturated rings. The molecule has 1 unspecified atom stereocenters. The van der Waals surface area contributed by atoms with Crippen molar-refractivity contribution in [1.82, 2.24) is 9.97 Å². The Balaban J connectivity index is 2.87. The van der Waals surface area contributed by atoms with Crippen molar-refractivity contribution in [3.8, 4) is 0 Å². The largest absolute Gasteiger partial charge is 0.391 e. The van der Waals surface area contributed by atoms with Crippen molar-refractivity contribution < 1.29 is 13.2 Å². The van der Waals surface area contributed by atoms with Gasteiger partial charge in [-0.1, -0.05) is 6.92 Å². The van der Waals surface area contributed by atoms with Gasteiger partial charge in [0.1, 0.15) is 17.5 Å². The van der Waals surface area contributed by atoms with Gasteiger partial charge in [0.05, 0.1) is 6.42 Å². The fourth-order valence-corrected chi connectivity index (χ4v) is 1.69. The van der Waals surface area contributed by atoms with Crippen LogP contribution in [-0.4, -0.2) is 22.2 Å². The highest BCUT2D eigenvalue weighted by atomic mass is 19.4. The van der Waals surface area contributed by atoms with Gasteiger partial charge in [0, 0.05) is 18.0 Å². The van der Waals surface area contributed by atoms with Gasteiger partial charge in [-0.05, 0) is 20.3 Å². The summed E-state index contributed by atoms with van der Waals surface area (Å²) in [4.78, 5) is 8.33. The van der Waals surface area contributed by atoms with Crippen LogP contribution in [0.4, 0.5) is 24.8 Å².